The van der Waals surface area contributed by atoms with Crippen LogP contribution in [-0.2, 0) is 7.05 Å². The number of ether oxygens (including phenoxy) is 1. The number of hydrogen-bond acceptors (Lipinski definition) is 8. The highest BCUT2D eigenvalue weighted by Crippen LogP contribution is 2.36. The van der Waals surface area contributed by atoms with Gasteiger partial charge in [-0.3, -0.25) is 14.3 Å². The number of hydrogen-bond donors (Lipinski definition) is 3. The molecule has 3 heterocycles. The van der Waals surface area contributed by atoms with Gasteiger partial charge in [-0.05, 0) is 44.7 Å². The van der Waals surface area contributed by atoms with Gasteiger partial charge in [-0.15, -0.1) is 5.10 Å². The van der Waals surface area contributed by atoms with E-state index in [1.807, 2.05) is 31.3 Å². The van der Waals surface area contributed by atoms with E-state index in [9.17, 15) is 9.59 Å². The Balaban J connectivity index is 1.39. The minimum Gasteiger partial charge on any atom is -0.473 e. The number of pyridine rings is 1. The number of anilines is 1. The molecule has 0 saturated heterocycles. The summed E-state index contributed by atoms with van der Waals surface area (Å²) in [7, 11) is 1.61. The van der Waals surface area contributed by atoms with Crippen molar-refractivity contribution in [2.24, 2.45) is 7.05 Å². The van der Waals surface area contributed by atoms with Crippen LogP contribution >= 0.6 is 0 Å². The Kier molecular flexibility index (Phi) is 7.87. The van der Waals surface area contributed by atoms with Crippen LogP contribution in [0.15, 0.2) is 53.5 Å². The number of carbonyl (C=O) groups excluding carboxylic acids is 1. The summed E-state index contributed by atoms with van der Waals surface area (Å²) in [6.07, 6.45) is 5.33. The van der Waals surface area contributed by atoms with E-state index in [-0.39, 0.29) is 36.8 Å². The van der Waals surface area contributed by atoms with E-state index >= 15 is 0 Å². The Labute approximate surface area is 225 Å². The summed E-state index contributed by atoms with van der Waals surface area (Å²) in [6, 6.07) is 12.6. The van der Waals surface area contributed by atoms with E-state index in [0.29, 0.717) is 11.4 Å². The van der Waals surface area contributed by atoms with Crippen molar-refractivity contribution in [2.45, 2.75) is 44.8 Å². The Morgan fingerprint density at radius 3 is 2.56 bits per heavy atom. The molecule has 11 nitrogen and oxygen atoms in total. The number of carbonyl (C=O) groups is 1. The predicted octanol–water partition coefficient (Wildman–Crippen LogP) is 2.91. The van der Waals surface area contributed by atoms with Crippen molar-refractivity contribution >= 4 is 22.6 Å². The van der Waals surface area contributed by atoms with Crippen molar-refractivity contribution in [2.75, 3.05) is 25.0 Å². The van der Waals surface area contributed by atoms with Crippen LogP contribution in [0.3, 0.4) is 0 Å². The molecular formula is C28H33N7O4. The summed E-state index contributed by atoms with van der Waals surface area (Å²) < 4.78 is 9.46. The molecule has 1 saturated carbocycles. The standard InChI is InChI=1S/C28H33N7O4/c1-3-29-24-16-23-22(17-31-24)27(18-4-6-19(7-5-18)28(38)30-14-15-36)33-35(23)20-8-10-21(11-9-20)39-25-12-13-26(37)34(2)32-25/h4-7,12-13,16-17,20-21,36H,3,8-11,14-15H2,1-2H3,(H,29,31)(H,30,38). The molecule has 0 aliphatic heterocycles. The maximum Gasteiger partial charge on any atom is 0.266 e. The molecule has 3 N–H and O–H groups in total. The Hall–Kier alpha value is -4.25. The zero-order valence-electron chi connectivity index (χ0n) is 22.1. The molecule has 3 aromatic heterocycles. The number of nitrogens with zero attached hydrogens (tertiary/aromatic N) is 5. The first-order valence-corrected chi connectivity index (χ1v) is 13.3. The highest BCUT2D eigenvalue weighted by molar-refractivity contribution is 5.97. The van der Waals surface area contributed by atoms with Crippen molar-refractivity contribution in [1.29, 1.82) is 0 Å². The van der Waals surface area contributed by atoms with E-state index in [0.717, 1.165) is 60.2 Å². The lowest BCUT2D eigenvalue weighted by Crippen LogP contribution is -2.27. The second-order valence-electron chi connectivity index (χ2n) is 9.65. The first-order valence-electron chi connectivity index (χ1n) is 13.3. The number of aryl methyl sites for hydroxylation is 1. The topological polar surface area (TPSA) is 136 Å². The molecular weight excluding hydrogens is 498 g/mol. The fraction of sp³-hybridized carbons (Fsp3) is 0.393. The van der Waals surface area contributed by atoms with Gasteiger partial charge in [0.1, 0.15) is 17.6 Å². The van der Waals surface area contributed by atoms with Gasteiger partial charge in [-0.25, -0.2) is 9.67 Å². The zero-order chi connectivity index (χ0) is 27.4. The van der Waals surface area contributed by atoms with Gasteiger partial charge in [0.05, 0.1) is 18.2 Å². The molecule has 1 aromatic carbocycles. The highest BCUT2D eigenvalue weighted by Gasteiger charge is 2.27. The van der Waals surface area contributed by atoms with E-state index in [4.69, 9.17) is 14.9 Å². The fourth-order valence-corrected chi connectivity index (χ4v) is 4.97. The normalized spacial score (nSPS) is 17.2. The van der Waals surface area contributed by atoms with Crippen LogP contribution in [-0.4, -0.2) is 61.4 Å². The summed E-state index contributed by atoms with van der Waals surface area (Å²) in [5.41, 5.74) is 3.07. The van der Waals surface area contributed by atoms with E-state index in [1.54, 1.807) is 25.2 Å². The van der Waals surface area contributed by atoms with Crippen molar-refractivity contribution in [3.63, 3.8) is 0 Å². The number of benzene rings is 1. The molecule has 0 spiro atoms. The predicted molar refractivity (Wildman–Crippen MR) is 148 cm³/mol. The Morgan fingerprint density at radius 2 is 1.87 bits per heavy atom. The molecule has 204 valence electrons. The van der Waals surface area contributed by atoms with Gasteiger partial charge in [0.2, 0.25) is 5.88 Å². The summed E-state index contributed by atoms with van der Waals surface area (Å²) in [4.78, 5) is 28.5. The first-order chi connectivity index (χ1) is 19.0. The maximum absolute atomic E-state index is 12.3. The molecule has 11 heteroatoms. The molecule has 39 heavy (non-hydrogen) atoms. The Bertz CT molecular complexity index is 1500. The highest BCUT2D eigenvalue weighted by atomic mass is 16.5. The van der Waals surface area contributed by atoms with Crippen LogP contribution in [0.5, 0.6) is 5.88 Å². The quantitative estimate of drug-likeness (QED) is 0.300. The number of rotatable bonds is 9. The summed E-state index contributed by atoms with van der Waals surface area (Å²) in [5, 5.41) is 25.1. The molecule has 0 unspecified atom stereocenters. The average molecular weight is 532 g/mol. The molecule has 4 aromatic rings. The van der Waals surface area contributed by atoms with Crippen molar-refractivity contribution < 1.29 is 14.6 Å². The monoisotopic (exact) mass is 531 g/mol. The second-order valence-corrected chi connectivity index (χ2v) is 9.65. The number of fused-ring (bicyclic) bond motifs is 1. The minimum absolute atomic E-state index is 0.0241. The van der Waals surface area contributed by atoms with Gasteiger partial charge in [0.25, 0.3) is 11.5 Å². The zero-order valence-corrected chi connectivity index (χ0v) is 22.1. The van der Waals surface area contributed by atoms with E-state index in [2.05, 4.69) is 25.4 Å². The lowest BCUT2D eigenvalue weighted by atomic mass is 9.93. The third-order valence-electron chi connectivity index (χ3n) is 6.98. The number of nitrogens with one attached hydrogen (secondary N) is 2. The molecule has 1 amide bonds. The lowest BCUT2D eigenvalue weighted by molar-refractivity contribution is 0.0944. The number of aliphatic hydroxyl groups excluding tert-OH is 1. The molecule has 0 atom stereocenters. The van der Waals surface area contributed by atoms with Gasteiger partial charge in [-0.1, -0.05) is 12.1 Å². The number of aliphatic hydroxyl groups is 1. The molecule has 0 bridgehead atoms. The Morgan fingerprint density at radius 1 is 1.10 bits per heavy atom. The fourth-order valence-electron chi connectivity index (χ4n) is 4.97. The molecule has 5 rings (SSSR count). The molecule has 1 fully saturated rings. The lowest BCUT2D eigenvalue weighted by Gasteiger charge is -2.29. The van der Waals surface area contributed by atoms with E-state index < -0.39 is 0 Å². The molecule has 1 aliphatic rings. The third-order valence-corrected chi connectivity index (χ3v) is 6.98. The molecule has 0 radical (unpaired) electrons. The third kappa shape index (κ3) is 5.78. The van der Waals surface area contributed by atoms with Gasteiger partial charge in [-0.2, -0.15) is 5.10 Å². The van der Waals surface area contributed by atoms with Gasteiger partial charge < -0.3 is 20.5 Å². The maximum atomic E-state index is 12.3. The summed E-state index contributed by atoms with van der Waals surface area (Å²) in [6.45, 7) is 2.91. The van der Waals surface area contributed by atoms with Crippen LogP contribution < -0.4 is 20.9 Å². The summed E-state index contributed by atoms with van der Waals surface area (Å²) >= 11 is 0. The van der Waals surface area contributed by atoms with Crippen LogP contribution in [0.2, 0.25) is 0 Å². The van der Waals surface area contributed by atoms with Crippen molar-refractivity contribution in [3.8, 4) is 17.1 Å². The number of amides is 1. The van der Waals surface area contributed by atoms with E-state index in [1.165, 1.54) is 10.7 Å². The van der Waals surface area contributed by atoms with Crippen LogP contribution in [0.25, 0.3) is 22.2 Å². The minimum atomic E-state index is -0.227. The number of aromatic nitrogens is 5. The van der Waals surface area contributed by atoms with Gasteiger partial charge >= 0.3 is 0 Å². The molecule has 1 aliphatic carbocycles. The smallest absolute Gasteiger partial charge is 0.266 e. The van der Waals surface area contributed by atoms with Gasteiger partial charge in [0, 0.05) is 61.0 Å². The average Bonchev–Trinajstić information content (AvgIpc) is 3.33. The van der Waals surface area contributed by atoms with Gasteiger partial charge in [0.15, 0.2) is 0 Å². The van der Waals surface area contributed by atoms with Crippen LogP contribution in [0.1, 0.15) is 49.0 Å². The van der Waals surface area contributed by atoms with Crippen molar-refractivity contribution in [1.82, 2.24) is 29.9 Å². The first kappa shape index (κ1) is 26.4. The van der Waals surface area contributed by atoms with Crippen LogP contribution in [0.4, 0.5) is 5.82 Å². The SMILES string of the molecule is CCNc1cc2c(cn1)c(-c1ccc(C(=O)NCCO)cc1)nn2C1CCC(Oc2ccc(=O)n(C)n2)CC1. The summed E-state index contributed by atoms with van der Waals surface area (Å²) in [5.74, 6) is 1.03. The van der Waals surface area contributed by atoms with Crippen molar-refractivity contribution in [3.05, 3.63) is 64.6 Å². The largest absolute Gasteiger partial charge is 0.473 e. The van der Waals surface area contributed by atoms with Crippen LogP contribution in [0, 0.1) is 0 Å². The second kappa shape index (κ2) is 11.6.